The lowest BCUT2D eigenvalue weighted by atomic mass is 9.98. The molecule has 4 nitrogen and oxygen atoms in total. The highest BCUT2D eigenvalue weighted by Crippen LogP contribution is 2.32. The number of benzene rings is 1. The first-order valence-electron chi connectivity index (χ1n) is 8.56. The monoisotopic (exact) mass is 349 g/mol. The van der Waals surface area contributed by atoms with E-state index in [9.17, 15) is 4.79 Å². The Morgan fingerprint density at radius 3 is 2.72 bits per heavy atom. The Morgan fingerprint density at radius 2 is 1.92 bits per heavy atom. The van der Waals surface area contributed by atoms with Crippen LogP contribution in [-0.2, 0) is 0 Å². The molecule has 1 aliphatic heterocycles. The van der Waals surface area contributed by atoms with Crippen LogP contribution in [0.3, 0.4) is 0 Å². The molecular formula is C20H19N3OS. The van der Waals surface area contributed by atoms with E-state index in [1.54, 1.807) is 6.20 Å². The predicted octanol–water partition coefficient (Wildman–Crippen LogP) is 4.57. The fourth-order valence-electron chi connectivity index (χ4n) is 3.29. The topological polar surface area (TPSA) is 46.1 Å². The van der Waals surface area contributed by atoms with E-state index in [0.717, 1.165) is 42.1 Å². The van der Waals surface area contributed by atoms with Crippen molar-refractivity contribution in [2.45, 2.75) is 25.3 Å². The van der Waals surface area contributed by atoms with Gasteiger partial charge in [-0.05, 0) is 31.4 Å². The Labute approximate surface area is 151 Å². The first kappa shape index (κ1) is 16.0. The Bertz CT molecular complexity index is 848. The highest BCUT2D eigenvalue weighted by Gasteiger charge is 2.30. The molecule has 0 aliphatic carbocycles. The molecule has 0 radical (unpaired) electrons. The molecule has 5 heteroatoms. The van der Waals surface area contributed by atoms with Gasteiger partial charge in [0.05, 0.1) is 11.7 Å². The lowest BCUT2D eigenvalue weighted by Gasteiger charge is -2.35. The van der Waals surface area contributed by atoms with Gasteiger partial charge < -0.3 is 4.90 Å². The highest BCUT2D eigenvalue weighted by atomic mass is 32.1. The van der Waals surface area contributed by atoms with Crippen molar-refractivity contribution in [3.63, 3.8) is 0 Å². The third kappa shape index (κ3) is 3.33. The zero-order valence-corrected chi connectivity index (χ0v) is 14.7. The largest absolute Gasteiger partial charge is 0.329 e. The molecule has 0 N–H and O–H groups in total. The number of carbonyl (C=O) groups is 1. The number of nitrogens with zero attached hydrogens (tertiary/aromatic N) is 3. The van der Waals surface area contributed by atoms with E-state index in [4.69, 9.17) is 0 Å². The number of hydrogen-bond acceptors (Lipinski definition) is 4. The smallest absolute Gasteiger partial charge is 0.273 e. The minimum atomic E-state index is 0.00813. The normalized spacial score (nSPS) is 17.4. The number of amides is 1. The summed E-state index contributed by atoms with van der Waals surface area (Å²) in [5.74, 6) is 0.00813. The SMILES string of the molecule is O=C(c1csc(-c2ccccc2)n1)N1CCCC[C@H]1c1ccccn1. The van der Waals surface area contributed by atoms with Crippen molar-refractivity contribution in [3.05, 3.63) is 71.5 Å². The second-order valence-corrected chi connectivity index (χ2v) is 7.03. The van der Waals surface area contributed by atoms with Crippen molar-refractivity contribution in [2.24, 2.45) is 0 Å². The predicted molar refractivity (Wildman–Crippen MR) is 99.4 cm³/mol. The highest BCUT2D eigenvalue weighted by molar-refractivity contribution is 7.13. The average Bonchev–Trinajstić information content (AvgIpc) is 3.19. The molecule has 1 fully saturated rings. The maximum atomic E-state index is 13.1. The fraction of sp³-hybridized carbons (Fsp3) is 0.250. The summed E-state index contributed by atoms with van der Waals surface area (Å²) in [5, 5.41) is 2.75. The van der Waals surface area contributed by atoms with Gasteiger partial charge in [-0.1, -0.05) is 36.4 Å². The maximum Gasteiger partial charge on any atom is 0.273 e. The van der Waals surface area contributed by atoms with Crippen LogP contribution in [0.1, 0.15) is 41.5 Å². The van der Waals surface area contributed by atoms with E-state index in [1.165, 1.54) is 11.3 Å². The second-order valence-electron chi connectivity index (χ2n) is 6.17. The summed E-state index contributed by atoms with van der Waals surface area (Å²) in [6.45, 7) is 0.762. The van der Waals surface area contributed by atoms with Crippen molar-refractivity contribution in [1.29, 1.82) is 0 Å². The van der Waals surface area contributed by atoms with Crippen LogP contribution in [0.15, 0.2) is 60.1 Å². The molecule has 1 aromatic carbocycles. The number of hydrogen-bond donors (Lipinski definition) is 0. The standard InChI is InChI=1S/C20H19N3OS/c24-20(17-14-25-19(22-17)15-8-2-1-3-9-15)23-13-7-5-11-18(23)16-10-4-6-12-21-16/h1-4,6,8-10,12,14,18H,5,7,11,13H2/t18-/m0/s1. The maximum absolute atomic E-state index is 13.1. The molecule has 4 rings (SSSR count). The molecule has 0 bridgehead atoms. The zero-order valence-electron chi connectivity index (χ0n) is 13.8. The van der Waals surface area contributed by atoms with Crippen molar-refractivity contribution in [2.75, 3.05) is 6.54 Å². The van der Waals surface area contributed by atoms with E-state index in [1.807, 2.05) is 58.8 Å². The molecular weight excluding hydrogens is 330 g/mol. The Balaban J connectivity index is 1.60. The zero-order chi connectivity index (χ0) is 17.1. The second kappa shape index (κ2) is 7.15. The quantitative estimate of drug-likeness (QED) is 0.696. The van der Waals surface area contributed by atoms with Crippen LogP contribution in [0.5, 0.6) is 0 Å². The summed E-state index contributed by atoms with van der Waals surface area (Å²) in [4.78, 5) is 24.1. The van der Waals surface area contributed by atoms with Gasteiger partial charge >= 0.3 is 0 Å². The first-order chi connectivity index (χ1) is 12.3. The molecule has 0 saturated carbocycles. The summed E-state index contributed by atoms with van der Waals surface area (Å²) >= 11 is 1.52. The molecule has 0 spiro atoms. The van der Waals surface area contributed by atoms with Crippen LogP contribution in [0.4, 0.5) is 0 Å². The van der Waals surface area contributed by atoms with Gasteiger partial charge in [0.15, 0.2) is 0 Å². The van der Waals surface area contributed by atoms with Gasteiger partial charge in [-0.3, -0.25) is 9.78 Å². The van der Waals surface area contributed by atoms with Crippen LogP contribution >= 0.6 is 11.3 Å². The Kier molecular flexibility index (Phi) is 4.57. The minimum absolute atomic E-state index is 0.00813. The third-order valence-corrected chi connectivity index (χ3v) is 5.43. The first-order valence-corrected chi connectivity index (χ1v) is 9.44. The van der Waals surface area contributed by atoms with E-state index in [0.29, 0.717) is 5.69 Å². The summed E-state index contributed by atoms with van der Waals surface area (Å²) in [6, 6.07) is 15.9. The molecule has 3 aromatic rings. The fourth-order valence-corrected chi connectivity index (χ4v) is 4.09. The van der Waals surface area contributed by atoms with Gasteiger partial charge in [0, 0.05) is 23.7 Å². The molecule has 1 amide bonds. The van der Waals surface area contributed by atoms with Gasteiger partial charge in [0.1, 0.15) is 10.7 Å². The number of pyridine rings is 1. The van der Waals surface area contributed by atoms with Crippen LogP contribution in [0.2, 0.25) is 0 Å². The molecule has 2 aromatic heterocycles. The number of piperidine rings is 1. The van der Waals surface area contributed by atoms with E-state index in [2.05, 4.69) is 9.97 Å². The molecule has 126 valence electrons. The van der Waals surface area contributed by atoms with E-state index in [-0.39, 0.29) is 11.9 Å². The van der Waals surface area contributed by atoms with Crippen LogP contribution in [-0.4, -0.2) is 27.3 Å². The van der Waals surface area contributed by atoms with Crippen molar-refractivity contribution < 1.29 is 4.79 Å². The summed E-state index contributed by atoms with van der Waals surface area (Å²) in [7, 11) is 0. The molecule has 1 atom stereocenters. The van der Waals surface area contributed by atoms with E-state index >= 15 is 0 Å². The van der Waals surface area contributed by atoms with Gasteiger partial charge in [0.25, 0.3) is 5.91 Å². The van der Waals surface area contributed by atoms with Gasteiger partial charge in [-0.25, -0.2) is 4.98 Å². The van der Waals surface area contributed by atoms with Crippen molar-refractivity contribution in [3.8, 4) is 10.6 Å². The lowest BCUT2D eigenvalue weighted by Crippen LogP contribution is -2.39. The van der Waals surface area contributed by atoms with E-state index < -0.39 is 0 Å². The summed E-state index contributed by atoms with van der Waals surface area (Å²) in [5.41, 5.74) is 2.55. The van der Waals surface area contributed by atoms with Crippen molar-refractivity contribution >= 4 is 17.2 Å². The number of carbonyl (C=O) groups excluding carboxylic acids is 1. The van der Waals surface area contributed by atoms with Crippen LogP contribution in [0.25, 0.3) is 10.6 Å². The number of rotatable bonds is 3. The van der Waals surface area contributed by atoms with Crippen LogP contribution in [0, 0.1) is 0 Å². The average molecular weight is 349 g/mol. The van der Waals surface area contributed by atoms with Gasteiger partial charge in [0.2, 0.25) is 0 Å². The molecule has 25 heavy (non-hydrogen) atoms. The number of thiazole rings is 1. The third-order valence-electron chi connectivity index (χ3n) is 4.54. The van der Waals surface area contributed by atoms with Gasteiger partial charge in [-0.2, -0.15) is 0 Å². The Morgan fingerprint density at radius 1 is 1.08 bits per heavy atom. The summed E-state index contributed by atoms with van der Waals surface area (Å²) < 4.78 is 0. The molecule has 1 saturated heterocycles. The number of aromatic nitrogens is 2. The molecule has 3 heterocycles. The van der Waals surface area contributed by atoms with Crippen molar-refractivity contribution in [1.82, 2.24) is 14.9 Å². The van der Waals surface area contributed by atoms with Gasteiger partial charge in [-0.15, -0.1) is 11.3 Å². The summed E-state index contributed by atoms with van der Waals surface area (Å²) in [6.07, 6.45) is 4.91. The number of likely N-dealkylation sites (tertiary alicyclic amines) is 1. The molecule has 0 unspecified atom stereocenters. The van der Waals surface area contributed by atoms with Crippen LogP contribution < -0.4 is 0 Å². The Hall–Kier alpha value is -2.53. The minimum Gasteiger partial charge on any atom is -0.329 e. The molecule has 1 aliphatic rings. The lowest BCUT2D eigenvalue weighted by molar-refractivity contribution is 0.0601.